The maximum Gasteiger partial charge on any atom is 0.414 e. The average molecular weight is 545 g/mol. The summed E-state index contributed by atoms with van der Waals surface area (Å²) in [6.45, 7) is 0. The van der Waals surface area contributed by atoms with E-state index in [-0.39, 0.29) is 17.7 Å². The van der Waals surface area contributed by atoms with Gasteiger partial charge in [0, 0.05) is 32.6 Å². The Balaban J connectivity index is 1.51. The zero-order valence-electron chi connectivity index (χ0n) is 22.1. The third-order valence-corrected chi connectivity index (χ3v) is 7.47. The topological polar surface area (TPSA) is 121 Å². The van der Waals surface area contributed by atoms with E-state index in [4.69, 9.17) is 21.3 Å². The van der Waals surface area contributed by atoms with Crippen LogP contribution in [0.3, 0.4) is 0 Å². The minimum Gasteiger partial charge on any atom is -0.480 e. The zero-order chi connectivity index (χ0) is 27.1. The van der Waals surface area contributed by atoms with Crippen molar-refractivity contribution in [2.75, 3.05) is 24.3 Å². The molecule has 0 saturated heterocycles. The van der Waals surface area contributed by atoms with Crippen LogP contribution in [-0.4, -0.2) is 69.2 Å². The first kappa shape index (κ1) is 27.9. The minimum atomic E-state index is -1.04. The van der Waals surface area contributed by atoms with Gasteiger partial charge in [-0.1, -0.05) is 50.7 Å². The third-order valence-electron chi connectivity index (χ3n) is 7.30. The monoisotopic (exact) mass is 544 g/mol. The highest BCUT2D eigenvalue weighted by atomic mass is 35.5. The number of rotatable bonds is 9. The number of benzene rings is 1. The summed E-state index contributed by atoms with van der Waals surface area (Å²) in [5, 5.41) is 12.9. The largest absolute Gasteiger partial charge is 0.480 e. The minimum absolute atomic E-state index is 0.0466. The van der Waals surface area contributed by atoms with Gasteiger partial charge in [0.1, 0.15) is 11.8 Å². The van der Waals surface area contributed by atoms with Gasteiger partial charge in [-0.3, -0.25) is 0 Å². The maximum atomic E-state index is 12.1. The molecule has 2 fully saturated rings. The van der Waals surface area contributed by atoms with Crippen molar-refractivity contribution >= 4 is 35.6 Å². The summed E-state index contributed by atoms with van der Waals surface area (Å²) in [5.74, 6) is 0.0253. The van der Waals surface area contributed by atoms with Gasteiger partial charge in [-0.2, -0.15) is 15.0 Å². The molecule has 2 aliphatic carbocycles. The molecule has 1 amide bonds. The van der Waals surface area contributed by atoms with Crippen molar-refractivity contribution in [1.29, 1.82) is 0 Å². The molecule has 0 unspecified atom stereocenters. The number of halogens is 1. The second-order valence-electron chi connectivity index (χ2n) is 10.4. The van der Waals surface area contributed by atoms with E-state index in [2.05, 4.69) is 20.2 Å². The molecule has 1 atom stereocenters. The molecule has 2 aliphatic rings. The standard InChI is InChI=1S/C27H37ClN6O4/c1-33(2)27(37)38-21-15-13-18(14-16-21)17-22(23(35)36)29-25-30-24(28)31-26(32-25)34(19-9-5-3-6-10-19)20-11-7-4-8-12-20/h13-16,19-20,22H,3-12,17H2,1-2H3,(H,35,36)(H,29,30,31,32)/t22-/m0/s1. The second kappa shape index (κ2) is 13.1. The first-order valence-electron chi connectivity index (χ1n) is 13.5. The van der Waals surface area contributed by atoms with Crippen molar-refractivity contribution in [1.82, 2.24) is 19.9 Å². The fourth-order valence-corrected chi connectivity index (χ4v) is 5.50. The Morgan fingerprint density at radius 3 is 2.08 bits per heavy atom. The second-order valence-corrected chi connectivity index (χ2v) is 10.7. The number of ether oxygens (including phenoxy) is 1. The Hall–Kier alpha value is -3.14. The number of aliphatic carboxylic acids is 1. The van der Waals surface area contributed by atoms with Gasteiger partial charge in [-0.25, -0.2) is 9.59 Å². The van der Waals surface area contributed by atoms with E-state index in [1.54, 1.807) is 38.4 Å². The van der Waals surface area contributed by atoms with E-state index in [1.807, 2.05) is 0 Å². The molecule has 10 nitrogen and oxygen atoms in total. The summed E-state index contributed by atoms with van der Waals surface area (Å²) in [6.07, 6.45) is 11.3. The van der Waals surface area contributed by atoms with E-state index in [0.717, 1.165) is 31.2 Å². The van der Waals surface area contributed by atoms with Gasteiger partial charge in [-0.15, -0.1) is 0 Å². The molecule has 1 aromatic carbocycles. The molecular formula is C27H37ClN6O4. The zero-order valence-corrected chi connectivity index (χ0v) is 22.9. The fraction of sp³-hybridized carbons (Fsp3) is 0.593. The number of hydrogen-bond acceptors (Lipinski definition) is 8. The summed E-state index contributed by atoms with van der Waals surface area (Å²) in [5.41, 5.74) is 0.751. The Bertz CT molecular complexity index is 1070. The Morgan fingerprint density at radius 1 is 0.974 bits per heavy atom. The highest BCUT2D eigenvalue weighted by Gasteiger charge is 2.32. The lowest BCUT2D eigenvalue weighted by atomic mass is 9.89. The molecular weight excluding hydrogens is 508 g/mol. The van der Waals surface area contributed by atoms with Crippen LogP contribution in [0.25, 0.3) is 0 Å². The van der Waals surface area contributed by atoms with Crippen LogP contribution in [0.2, 0.25) is 5.28 Å². The van der Waals surface area contributed by atoms with Crippen LogP contribution < -0.4 is 15.0 Å². The van der Waals surface area contributed by atoms with Crippen molar-refractivity contribution in [3.8, 4) is 5.75 Å². The molecule has 4 rings (SSSR count). The third kappa shape index (κ3) is 7.46. The molecule has 11 heteroatoms. The highest BCUT2D eigenvalue weighted by molar-refractivity contribution is 6.28. The van der Waals surface area contributed by atoms with Crippen LogP contribution >= 0.6 is 11.6 Å². The van der Waals surface area contributed by atoms with Crippen LogP contribution in [0, 0.1) is 0 Å². The van der Waals surface area contributed by atoms with E-state index in [0.29, 0.717) is 23.8 Å². The quantitative estimate of drug-likeness (QED) is 0.440. The van der Waals surface area contributed by atoms with Gasteiger partial charge in [0.25, 0.3) is 0 Å². The molecule has 0 spiro atoms. The van der Waals surface area contributed by atoms with Gasteiger partial charge in [-0.05, 0) is 55.0 Å². The molecule has 0 radical (unpaired) electrons. The van der Waals surface area contributed by atoms with Crippen LogP contribution in [0.1, 0.15) is 69.8 Å². The van der Waals surface area contributed by atoms with Crippen LogP contribution in [-0.2, 0) is 11.2 Å². The number of hydrogen-bond donors (Lipinski definition) is 2. The summed E-state index contributed by atoms with van der Waals surface area (Å²) in [6, 6.07) is 6.46. The van der Waals surface area contributed by atoms with Crippen LogP contribution in [0.5, 0.6) is 5.75 Å². The van der Waals surface area contributed by atoms with Crippen molar-refractivity contribution in [2.24, 2.45) is 0 Å². The van der Waals surface area contributed by atoms with Crippen molar-refractivity contribution in [2.45, 2.75) is 88.8 Å². The van der Waals surface area contributed by atoms with Crippen molar-refractivity contribution in [3.63, 3.8) is 0 Å². The number of aromatic nitrogens is 3. The number of amides is 1. The summed E-state index contributed by atoms with van der Waals surface area (Å²) in [4.78, 5) is 41.0. The lowest BCUT2D eigenvalue weighted by Crippen LogP contribution is -2.46. The predicted molar refractivity (Wildman–Crippen MR) is 146 cm³/mol. The van der Waals surface area contributed by atoms with E-state index < -0.39 is 18.1 Å². The van der Waals surface area contributed by atoms with Crippen LogP contribution in [0.15, 0.2) is 24.3 Å². The van der Waals surface area contributed by atoms with Crippen molar-refractivity contribution < 1.29 is 19.4 Å². The molecule has 0 bridgehead atoms. The van der Waals surface area contributed by atoms with E-state index >= 15 is 0 Å². The van der Waals surface area contributed by atoms with Crippen LogP contribution in [0.4, 0.5) is 16.7 Å². The number of nitrogens with zero attached hydrogens (tertiary/aromatic N) is 5. The van der Waals surface area contributed by atoms with Gasteiger partial charge in [0.2, 0.25) is 17.2 Å². The summed E-state index contributed by atoms with van der Waals surface area (Å²) >= 11 is 6.36. The smallest absolute Gasteiger partial charge is 0.414 e. The van der Waals surface area contributed by atoms with Gasteiger partial charge >= 0.3 is 12.1 Å². The van der Waals surface area contributed by atoms with E-state index in [9.17, 15) is 14.7 Å². The van der Waals surface area contributed by atoms with Crippen molar-refractivity contribution in [3.05, 3.63) is 35.1 Å². The normalized spacial score (nSPS) is 17.4. The number of carbonyl (C=O) groups is 2. The lowest BCUT2D eigenvalue weighted by molar-refractivity contribution is -0.137. The molecule has 2 saturated carbocycles. The van der Waals surface area contributed by atoms with Gasteiger partial charge < -0.3 is 25.0 Å². The molecule has 206 valence electrons. The van der Waals surface area contributed by atoms with Gasteiger partial charge in [0.05, 0.1) is 0 Å². The van der Waals surface area contributed by atoms with E-state index in [1.165, 1.54) is 43.4 Å². The predicted octanol–water partition coefficient (Wildman–Crippen LogP) is 5.17. The fourth-order valence-electron chi connectivity index (χ4n) is 5.34. The molecule has 1 heterocycles. The molecule has 1 aromatic heterocycles. The molecule has 38 heavy (non-hydrogen) atoms. The average Bonchev–Trinajstić information content (AvgIpc) is 2.90. The highest BCUT2D eigenvalue weighted by Crippen LogP contribution is 2.33. The number of nitrogens with one attached hydrogen (secondary N) is 1. The Kier molecular flexibility index (Phi) is 9.60. The first-order valence-corrected chi connectivity index (χ1v) is 13.9. The summed E-state index contributed by atoms with van der Waals surface area (Å²) < 4.78 is 5.24. The SMILES string of the molecule is CN(C)C(=O)Oc1ccc(C[C@H](Nc2nc(Cl)nc(N(C3CCCCC3)C3CCCCC3)n2)C(=O)O)cc1. The molecule has 0 aliphatic heterocycles. The Labute approximate surface area is 228 Å². The maximum absolute atomic E-state index is 12.1. The number of carbonyl (C=O) groups excluding carboxylic acids is 1. The molecule has 2 aromatic rings. The number of anilines is 2. The first-order chi connectivity index (χ1) is 18.3. The summed E-state index contributed by atoms with van der Waals surface area (Å²) in [7, 11) is 3.20. The molecule has 2 N–H and O–H groups in total. The number of carboxylic acid groups (broad SMARTS) is 1. The Morgan fingerprint density at radius 2 is 1.55 bits per heavy atom. The van der Waals surface area contributed by atoms with Gasteiger partial charge in [0.15, 0.2) is 0 Å². The number of carboxylic acids is 1. The lowest BCUT2D eigenvalue weighted by Gasteiger charge is -2.41.